The van der Waals surface area contributed by atoms with E-state index in [0.717, 1.165) is 5.57 Å². The third-order valence-electron chi connectivity index (χ3n) is 3.45. The number of aromatic carboxylic acids is 1. The van der Waals surface area contributed by atoms with Crippen LogP contribution in [-0.4, -0.2) is 22.1 Å². The number of carbonyl (C=O) groups is 1. The van der Waals surface area contributed by atoms with E-state index in [4.69, 9.17) is 11.5 Å². The Labute approximate surface area is 139 Å². The van der Waals surface area contributed by atoms with Crippen molar-refractivity contribution in [3.05, 3.63) is 77.1 Å². The minimum Gasteiger partial charge on any atom is -0.508 e. The Hall–Kier alpha value is -3.28. The van der Waals surface area contributed by atoms with Crippen LogP contribution < -0.4 is 11.5 Å². The van der Waals surface area contributed by atoms with Gasteiger partial charge in [-0.1, -0.05) is 30.4 Å². The van der Waals surface area contributed by atoms with Gasteiger partial charge >= 0.3 is 5.97 Å². The highest BCUT2D eigenvalue weighted by atomic mass is 16.4. The van der Waals surface area contributed by atoms with E-state index in [1.807, 2.05) is 18.2 Å². The van der Waals surface area contributed by atoms with Crippen molar-refractivity contribution in [2.75, 3.05) is 0 Å². The molecule has 24 heavy (non-hydrogen) atoms. The monoisotopic (exact) mass is 325 g/mol. The first-order valence-corrected chi connectivity index (χ1v) is 7.37. The molecule has 0 aromatic heterocycles. The van der Waals surface area contributed by atoms with E-state index in [0.29, 0.717) is 24.1 Å². The second-order valence-corrected chi connectivity index (χ2v) is 5.20. The Kier molecular flexibility index (Phi) is 5.57. The summed E-state index contributed by atoms with van der Waals surface area (Å²) < 4.78 is 0. The van der Waals surface area contributed by atoms with Gasteiger partial charge in [0.1, 0.15) is 5.76 Å². The first-order chi connectivity index (χ1) is 11.5. The van der Waals surface area contributed by atoms with Gasteiger partial charge in [0.25, 0.3) is 0 Å². The fourth-order valence-corrected chi connectivity index (χ4v) is 2.33. The van der Waals surface area contributed by atoms with Crippen LogP contribution in [0.15, 0.2) is 71.0 Å². The van der Waals surface area contributed by atoms with Crippen LogP contribution in [0, 0.1) is 0 Å². The van der Waals surface area contributed by atoms with Gasteiger partial charge in [0.2, 0.25) is 0 Å². The Balaban J connectivity index is 2.27. The number of nitrogens with zero attached hydrogens (tertiary/aromatic N) is 1. The second-order valence-electron chi connectivity index (χ2n) is 5.20. The Morgan fingerprint density at radius 2 is 1.75 bits per heavy atom. The van der Waals surface area contributed by atoms with E-state index < -0.39 is 5.97 Å². The van der Waals surface area contributed by atoms with E-state index in [1.165, 1.54) is 6.07 Å². The number of hydrogen-bond acceptors (Lipinski definition) is 3. The van der Waals surface area contributed by atoms with Crippen LogP contribution in [0.1, 0.15) is 22.3 Å². The van der Waals surface area contributed by atoms with E-state index in [1.54, 1.807) is 30.4 Å². The number of aryl methyl sites for hydroxylation is 1. The highest BCUT2D eigenvalue weighted by molar-refractivity contribution is 5.90. The van der Waals surface area contributed by atoms with Crippen molar-refractivity contribution in [1.29, 1.82) is 0 Å². The zero-order chi connectivity index (χ0) is 17.5. The third-order valence-corrected chi connectivity index (χ3v) is 3.45. The van der Waals surface area contributed by atoms with E-state index in [-0.39, 0.29) is 17.3 Å². The van der Waals surface area contributed by atoms with Gasteiger partial charge in [-0.15, -0.1) is 0 Å². The van der Waals surface area contributed by atoms with Crippen LogP contribution in [0.25, 0.3) is 0 Å². The quantitative estimate of drug-likeness (QED) is 0.490. The van der Waals surface area contributed by atoms with Gasteiger partial charge < -0.3 is 21.7 Å². The lowest BCUT2D eigenvalue weighted by molar-refractivity contribution is 0.0695. The molecule has 1 aliphatic carbocycles. The maximum absolute atomic E-state index is 11.4. The summed E-state index contributed by atoms with van der Waals surface area (Å²) in [6, 6.07) is 4.67. The normalized spacial score (nSPS) is 16.2. The summed E-state index contributed by atoms with van der Waals surface area (Å²) >= 11 is 0. The molecule has 124 valence electrons. The van der Waals surface area contributed by atoms with Gasteiger partial charge in [0.05, 0.1) is 11.3 Å². The molecule has 6 nitrogen and oxygen atoms in total. The molecule has 1 aromatic rings. The minimum atomic E-state index is -1.02. The number of aliphatic hydroxyl groups excluding tert-OH is 1. The summed E-state index contributed by atoms with van der Waals surface area (Å²) in [5.74, 6) is -0.951. The number of rotatable bonds is 5. The molecule has 1 aromatic carbocycles. The number of allylic oxidation sites excluding steroid dienone is 7. The Bertz CT molecular complexity index is 783. The predicted molar refractivity (Wildman–Crippen MR) is 94.3 cm³/mol. The smallest absolute Gasteiger partial charge is 0.335 e. The molecule has 0 saturated heterocycles. The van der Waals surface area contributed by atoms with Crippen LogP contribution in [0.4, 0.5) is 5.69 Å². The molecule has 0 fully saturated rings. The minimum absolute atomic E-state index is 0.0933. The van der Waals surface area contributed by atoms with Crippen molar-refractivity contribution in [1.82, 2.24) is 0 Å². The largest absolute Gasteiger partial charge is 0.508 e. The Morgan fingerprint density at radius 1 is 1.04 bits per heavy atom. The molecule has 0 spiro atoms. The zero-order valence-electron chi connectivity index (χ0n) is 13.0. The Morgan fingerprint density at radius 3 is 2.42 bits per heavy atom. The number of hydrogen-bond donors (Lipinski definition) is 4. The summed E-state index contributed by atoms with van der Waals surface area (Å²) in [6.45, 7) is 0. The second kappa shape index (κ2) is 7.82. The number of guanidine groups is 1. The van der Waals surface area contributed by atoms with Crippen LogP contribution >= 0.6 is 0 Å². The molecule has 0 aliphatic heterocycles. The highest BCUT2D eigenvalue weighted by Crippen LogP contribution is 2.23. The SMILES string of the molecule is NC(N)=Nc1ccc(C(=O)O)c(CCC2=C/C=C\C=C/C=C2O)c1. The maximum Gasteiger partial charge on any atom is 0.335 e. The fourth-order valence-electron chi connectivity index (χ4n) is 2.33. The molecular formula is C18H19N3O3. The molecule has 0 atom stereocenters. The van der Waals surface area contributed by atoms with Gasteiger partial charge in [-0.3, -0.25) is 0 Å². The average Bonchev–Trinajstić information content (AvgIpc) is 2.50. The maximum atomic E-state index is 11.4. The zero-order valence-corrected chi connectivity index (χ0v) is 13.0. The molecule has 1 aliphatic rings. The van der Waals surface area contributed by atoms with Crippen LogP contribution in [-0.2, 0) is 6.42 Å². The van der Waals surface area contributed by atoms with Crippen molar-refractivity contribution in [2.24, 2.45) is 16.5 Å². The summed E-state index contributed by atoms with van der Waals surface area (Å²) in [7, 11) is 0. The summed E-state index contributed by atoms with van der Waals surface area (Å²) in [6.07, 6.45) is 11.5. The van der Waals surface area contributed by atoms with E-state index in [9.17, 15) is 15.0 Å². The van der Waals surface area contributed by atoms with Crippen molar-refractivity contribution < 1.29 is 15.0 Å². The molecule has 0 bridgehead atoms. The molecule has 0 amide bonds. The van der Waals surface area contributed by atoms with Crippen molar-refractivity contribution in [3.8, 4) is 0 Å². The summed E-state index contributed by atoms with van der Waals surface area (Å²) in [4.78, 5) is 15.3. The predicted octanol–water partition coefficient (Wildman–Crippen LogP) is 2.72. The average molecular weight is 325 g/mol. The van der Waals surface area contributed by atoms with Gasteiger partial charge in [0, 0.05) is 0 Å². The molecule has 0 saturated carbocycles. The van der Waals surface area contributed by atoms with Crippen molar-refractivity contribution in [3.63, 3.8) is 0 Å². The van der Waals surface area contributed by atoms with E-state index >= 15 is 0 Å². The van der Waals surface area contributed by atoms with Gasteiger partial charge in [-0.05, 0) is 48.3 Å². The van der Waals surface area contributed by atoms with Crippen molar-refractivity contribution in [2.45, 2.75) is 12.8 Å². The number of aliphatic imine (C=N–C) groups is 1. The lowest BCUT2D eigenvalue weighted by Gasteiger charge is -2.10. The van der Waals surface area contributed by atoms with Crippen molar-refractivity contribution >= 4 is 17.6 Å². The number of aliphatic hydroxyl groups is 1. The topological polar surface area (TPSA) is 122 Å². The number of nitrogens with two attached hydrogens (primary N) is 2. The number of carboxylic acids is 1. The molecule has 6 heteroatoms. The summed E-state index contributed by atoms with van der Waals surface area (Å²) in [5, 5.41) is 19.4. The van der Waals surface area contributed by atoms with Gasteiger partial charge in [-0.25, -0.2) is 9.79 Å². The molecule has 0 radical (unpaired) electrons. The first-order valence-electron chi connectivity index (χ1n) is 7.37. The third kappa shape index (κ3) is 4.61. The van der Waals surface area contributed by atoms with Gasteiger partial charge in [-0.2, -0.15) is 0 Å². The number of benzene rings is 1. The first kappa shape index (κ1) is 17.1. The lowest BCUT2D eigenvalue weighted by Crippen LogP contribution is -2.21. The molecule has 0 unspecified atom stereocenters. The number of carboxylic acid groups (broad SMARTS) is 1. The molecule has 2 rings (SSSR count). The fraction of sp³-hybridized carbons (Fsp3) is 0.111. The molecule has 0 heterocycles. The molecular weight excluding hydrogens is 306 g/mol. The highest BCUT2D eigenvalue weighted by Gasteiger charge is 2.12. The van der Waals surface area contributed by atoms with E-state index in [2.05, 4.69) is 4.99 Å². The van der Waals surface area contributed by atoms with Crippen LogP contribution in [0.2, 0.25) is 0 Å². The molecule has 6 N–H and O–H groups in total. The van der Waals surface area contributed by atoms with Crippen LogP contribution in [0.3, 0.4) is 0 Å². The van der Waals surface area contributed by atoms with Crippen LogP contribution in [0.5, 0.6) is 0 Å². The standard InChI is InChI=1S/C18H19N3O3/c19-18(20)21-14-9-10-15(17(23)24)13(11-14)8-7-12-5-3-1-2-4-6-16(12)22/h1-6,9-11,22H,7-8H2,(H,23,24)(H4,19,20,21)/b2-1?,3-1-,4-2-,5-3?,6-4?,12-5?,16-6?,16-12?. The lowest BCUT2D eigenvalue weighted by atomic mass is 9.97. The summed E-state index contributed by atoms with van der Waals surface area (Å²) in [5.41, 5.74) is 12.7. The van der Waals surface area contributed by atoms with Gasteiger partial charge in [0.15, 0.2) is 5.96 Å².